The van der Waals surface area contributed by atoms with Gasteiger partial charge in [0.15, 0.2) is 0 Å². The van der Waals surface area contributed by atoms with Crippen LogP contribution in [0.2, 0.25) is 0 Å². The molecule has 144 valence electrons. The van der Waals surface area contributed by atoms with Crippen molar-refractivity contribution >= 4 is 22.2 Å². The first kappa shape index (κ1) is 18.6. The highest BCUT2D eigenvalue weighted by atomic mass is 16.5. The molecule has 4 nitrogen and oxygen atoms in total. The summed E-state index contributed by atoms with van der Waals surface area (Å²) in [5.41, 5.74) is 7.04. The lowest BCUT2D eigenvalue weighted by molar-refractivity contribution is 0.414. The third-order valence-corrected chi connectivity index (χ3v) is 4.80. The molecule has 0 heterocycles. The molecular weight excluding hydrogens is 360 g/mol. The quantitative estimate of drug-likeness (QED) is 0.342. The van der Waals surface area contributed by atoms with Crippen LogP contribution in [-0.2, 0) is 0 Å². The van der Waals surface area contributed by atoms with Gasteiger partial charge in [0.05, 0.1) is 25.6 Å². The number of hydrogen-bond acceptors (Lipinski definition) is 4. The summed E-state index contributed by atoms with van der Waals surface area (Å²) in [6, 6.07) is 30.2. The van der Waals surface area contributed by atoms with Crippen molar-refractivity contribution in [2.45, 2.75) is 0 Å². The summed E-state index contributed by atoms with van der Waals surface area (Å²) in [5.74, 6) is 1.62. The highest BCUT2D eigenvalue weighted by molar-refractivity contribution is 6.13. The van der Waals surface area contributed by atoms with E-state index in [2.05, 4.69) is 23.6 Å². The molecule has 0 saturated carbocycles. The van der Waals surface area contributed by atoms with Crippen molar-refractivity contribution in [1.82, 2.24) is 0 Å². The fourth-order valence-electron chi connectivity index (χ4n) is 3.23. The highest BCUT2D eigenvalue weighted by Gasteiger charge is 2.09. The second kappa shape index (κ2) is 8.48. The molecule has 0 unspecified atom stereocenters. The van der Waals surface area contributed by atoms with E-state index < -0.39 is 0 Å². The van der Waals surface area contributed by atoms with Crippen LogP contribution in [0.4, 0.5) is 5.69 Å². The topological polar surface area (TPSA) is 42.8 Å². The molecule has 0 bridgehead atoms. The molecule has 0 radical (unpaired) electrons. The Labute approximate surface area is 170 Å². The zero-order chi connectivity index (χ0) is 20.1. The Bertz CT molecular complexity index is 1080. The summed E-state index contributed by atoms with van der Waals surface area (Å²) in [6.45, 7) is 0. The predicted octanol–water partition coefficient (Wildman–Crippen LogP) is 5.72. The van der Waals surface area contributed by atoms with Crippen LogP contribution in [0.15, 0.2) is 96.1 Å². The Morgan fingerprint density at radius 1 is 0.655 bits per heavy atom. The van der Waals surface area contributed by atoms with Crippen LogP contribution in [-0.4, -0.2) is 19.9 Å². The first-order valence-corrected chi connectivity index (χ1v) is 9.39. The van der Waals surface area contributed by atoms with E-state index in [4.69, 9.17) is 14.6 Å². The second-order valence-corrected chi connectivity index (χ2v) is 6.56. The molecule has 0 aromatic heterocycles. The molecular formula is C25H22N2O2. The standard InChI is InChI=1S/C25H22N2O2/c1-28-21-14-10-19(11-15-21)25(20-12-16-22(29-2)17-13-20)27-26-24-9-5-7-18-6-3-4-8-23(18)24/h3-17,26H,1-2H3. The Hall–Kier alpha value is -3.79. The molecule has 0 aliphatic heterocycles. The average Bonchev–Trinajstić information content (AvgIpc) is 2.80. The second-order valence-electron chi connectivity index (χ2n) is 6.56. The first-order chi connectivity index (χ1) is 14.3. The Balaban J connectivity index is 1.75. The first-order valence-electron chi connectivity index (χ1n) is 9.39. The number of nitrogens with zero attached hydrogens (tertiary/aromatic N) is 1. The largest absolute Gasteiger partial charge is 0.497 e. The van der Waals surface area contributed by atoms with E-state index in [9.17, 15) is 0 Å². The molecule has 0 atom stereocenters. The van der Waals surface area contributed by atoms with Gasteiger partial charge >= 0.3 is 0 Å². The van der Waals surface area contributed by atoms with Gasteiger partial charge in [-0.1, -0.05) is 36.4 Å². The van der Waals surface area contributed by atoms with Gasteiger partial charge in [-0.25, -0.2) is 0 Å². The average molecular weight is 382 g/mol. The van der Waals surface area contributed by atoms with Crippen LogP contribution < -0.4 is 14.9 Å². The zero-order valence-corrected chi connectivity index (χ0v) is 16.4. The van der Waals surface area contributed by atoms with Gasteiger partial charge in [-0.05, 0) is 60.0 Å². The SMILES string of the molecule is COc1ccc(C(=NNc2cccc3ccccc23)c2ccc(OC)cc2)cc1. The summed E-state index contributed by atoms with van der Waals surface area (Å²) in [4.78, 5) is 0. The number of hydrazone groups is 1. The molecule has 0 fully saturated rings. The van der Waals surface area contributed by atoms with E-state index in [0.717, 1.165) is 39.4 Å². The van der Waals surface area contributed by atoms with Crippen molar-refractivity contribution in [2.75, 3.05) is 19.6 Å². The number of fused-ring (bicyclic) bond motifs is 1. The maximum absolute atomic E-state index is 5.29. The molecule has 0 amide bonds. The normalized spacial score (nSPS) is 10.4. The van der Waals surface area contributed by atoms with Crippen molar-refractivity contribution in [3.8, 4) is 11.5 Å². The molecule has 4 aromatic carbocycles. The fourth-order valence-corrected chi connectivity index (χ4v) is 3.23. The van der Waals surface area contributed by atoms with E-state index in [1.54, 1.807) is 14.2 Å². The number of rotatable bonds is 6. The number of anilines is 1. The Kier molecular flexibility index (Phi) is 5.43. The third kappa shape index (κ3) is 4.06. The fraction of sp³-hybridized carbons (Fsp3) is 0.0800. The molecule has 4 heteroatoms. The lowest BCUT2D eigenvalue weighted by Gasteiger charge is -2.11. The highest BCUT2D eigenvalue weighted by Crippen LogP contribution is 2.24. The summed E-state index contributed by atoms with van der Waals surface area (Å²) in [5, 5.41) is 7.08. The molecule has 0 aliphatic carbocycles. The minimum absolute atomic E-state index is 0.810. The van der Waals surface area contributed by atoms with Gasteiger partial charge in [-0.15, -0.1) is 0 Å². The van der Waals surface area contributed by atoms with E-state index >= 15 is 0 Å². The lowest BCUT2D eigenvalue weighted by atomic mass is 10.0. The van der Waals surface area contributed by atoms with E-state index in [1.807, 2.05) is 72.8 Å². The van der Waals surface area contributed by atoms with Crippen LogP contribution >= 0.6 is 0 Å². The number of hydrogen-bond donors (Lipinski definition) is 1. The minimum atomic E-state index is 0.810. The number of ether oxygens (including phenoxy) is 2. The van der Waals surface area contributed by atoms with Gasteiger partial charge < -0.3 is 9.47 Å². The zero-order valence-electron chi connectivity index (χ0n) is 16.4. The van der Waals surface area contributed by atoms with Crippen LogP contribution in [0.5, 0.6) is 11.5 Å². The summed E-state index contributed by atoms with van der Waals surface area (Å²) in [7, 11) is 3.32. The van der Waals surface area contributed by atoms with Gasteiger partial charge in [-0.3, -0.25) is 5.43 Å². The summed E-state index contributed by atoms with van der Waals surface area (Å²) < 4.78 is 10.6. The van der Waals surface area contributed by atoms with Gasteiger partial charge in [-0.2, -0.15) is 5.10 Å². The molecule has 1 N–H and O–H groups in total. The number of nitrogens with one attached hydrogen (secondary N) is 1. The van der Waals surface area contributed by atoms with E-state index in [0.29, 0.717) is 0 Å². The van der Waals surface area contributed by atoms with E-state index in [-0.39, 0.29) is 0 Å². The molecule has 0 spiro atoms. The predicted molar refractivity (Wildman–Crippen MR) is 119 cm³/mol. The van der Waals surface area contributed by atoms with Crippen molar-refractivity contribution in [2.24, 2.45) is 5.10 Å². The Morgan fingerprint density at radius 3 is 1.79 bits per heavy atom. The Morgan fingerprint density at radius 2 is 1.21 bits per heavy atom. The lowest BCUT2D eigenvalue weighted by Crippen LogP contribution is -2.07. The minimum Gasteiger partial charge on any atom is -0.497 e. The van der Waals surface area contributed by atoms with Crippen molar-refractivity contribution in [1.29, 1.82) is 0 Å². The molecule has 29 heavy (non-hydrogen) atoms. The van der Waals surface area contributed by atoms with Crippen LogP contribution in [0.25, 0.3) is 10.8 Å². The summed E-state index contributed by atoms with van der Waals surface area (Å²) in [6.07, 6.45) is 0. The van der Waals surface area contributed by atoms with Gasteiger partial charge in [0, 0.05) is 16.5 Å². The van der Waals surface area contributed by atoms with Crippen molar-refractivity contribution in [3.63, 3.8) is 0 Å². The van der Waals surface area contributed by atoms with Crippen molar-refractivity contribution < 1.29 is 9.47 Å². The molecule has 4 rings (SSSR count). The van der Waals surface area contributed by atoms with Crippen molar-refractivity contribution in [3.05, 3.63) is 102 Å². The molecule has 0 aliphatic rings. The van der Waals surface area contributed by atoms with Gasteiger partial charge in [0.25, 0.3) is 0 Å². The number of methoxy groups -OCH3 is 2. The third-order valence-electron chi connectivity index (χ3n) is 4.80. The number of benzene rings is 4. The van der Waals surface area contributed by atoms with Crippen LogP contribution in [0.3, 0.4) is 0 Å². The van der Waals surface area contributed by atoms with Crippen LogP contribution in [0, 0.1) is 0 Å². The van der Waals surface area contributed by atoms with Gasteiger partial charge in [0.2, 0.25) is 0 Å². The monoisotopic (exact) mass is 382 g/mol. The van der Waals surface area contributed by atoms with Gasteiger partial charge in [0.1, 0.15) is 11.5 Å². The maximum Gasteiger partial charge on any atom is 0.118 e. The van der Waals surface area contributed by atoms with Crippen LogP contribution in [0.1, 0.15) is 11.1 Å². The maximum atomic E-state index is 5.29. The smallest absolute Gasteiger partial charge is 0.118 e. The molecule has 0 saturated heterocycles. The molecule has 4 aromatic rings. The van der Waals surface area contributed by atoms with E-state index in [1.165, 1.54) is 5.39 Å². The summed E-state index contributed by atoms with van der Waals surface area (Å²) >= 11 is 0.